The van der Waals surface area contributed by atoms with E-state index in [1.165, 1.54) is 0 Å². The Labute approximate surface area is 103 Å². The fourth-order valence-corrected chi connectivity index (χ4v) is 1.77. The first-order valence-electron chi connectivity index (χ1n) is 5.81. The van der Waals surface area contributed by atoms with Crippen LogP contribution in [0.25, 0.3) is 0 Å². The number of ether oxygens (including phenoxy) is 1. The molecule has 0 aliphatic heterocycles. The number of nitrogen functional groups attached to an aromatic ring is 1. The smallest absolute Gasteiger partial charge is 0.223 e. The molecule has 0 atom stereocenters. The molecule has 96 valence electrons. The minimum atomic E-state index is -0.0890. The molecule has 0 aromatic carbocycles. The molecule has 0 aliphatic carbocycles. The molecule has 0 radical (unpaired) electrons. The molecule has 0 aliphatic rings. The number of anilines is 1. The van der Waals surface area contributed by atoms with Gasteiger partial charge in [0, 0.05) is 11.0 Å². The summed E-state index contributed by atoms with van der Waals surface area (Å²) in [5, 5.41) is 0. The molecule has 17 heavy (non-hydrogen) atoms. The molecule has 1 rings (SSSR count). The van der Waals surface area contributed by atoms with Crippen LogP contribution in [0.1, 0.15) is 38.4 Å². The maximum absolute atomic E-state index is 5.70. The van der Waals surface area contributed by atoms with Gasteiger partial charge >= 0.3 is 0 Å². The number of hydrogen-bond donors (Lipinski definition) is 2. The van der Waals surface area contributed by atoms with E-state index in [0.29, 0.717) is 12.4 Å². The van der Waals surface area contributed by atoms with E-state index in [1.807, 2.05) is 0 Å². The van der Waals surface area contributed by atoms with Crippen LogP contribution < -0.4 is 16.2 Å². The first-order chi connectivity index (χ1) is 7.90. The van der Waals surface area contributed by atoms with Crippen LogP contribution in [-0.2, 0) is 11.8 Å². The maximum atomic E-state index is 5.70. The number of hydrogen-bond acceptors (Lipinski definition) is 5. The van der Waals surface area contributed by atoms with Gasteiger partial charge in [-0.15, -0.1) is 0 Å². The molecule has 0 bridgehead atoms. The van der Waals surface area contributed by atoms with E-state index in [1.54, 1.807) is 7.11 Å². The Hall–Kier alpha value is -1.36. The molecule has 0 unspecified atom stereocenters. The molecule has 0 amide bonds. The van der Waals surface area contributed by atoms with Crippen LogP contribution in [0.2, 0.25) is 0 Å². The van der Waals surface area contributed by atoms with Crippen LogP contribution in [0.4, 0.5) is 5.95 Å². The lowest BCUT2D eigenvalue weighted by atomic mass is 9.87. The van der Waals surface area contributed by atoms with Crippen molar-refractivity contribution in [3.05, 3.63) is 11.3 Å². The summed E-state index contributed by atoms with van der Waals surface area (Å²) >= 11 is 0. The van der Waals surface area contributed by atoms with Crippen molar-refractivity contribution in [2.45, 2.75) is 39.0 Å². The van der Waals surface area contributed by atoms with Gasteiger partial charge in [-0.1, -0.05) is 20.8 Å². The SMILES string of the molecule is COc1nc(N)nc(C(C)(C)C)c1CCCN. The number of aromatic nitrogens is 2. The molecule has 5 heteroatoms. The van der Waals surface area contributed by atoms with E-state index in [9.17, 15) is 0 Å². The van der Waals surface area contributed by atoms with Crippen LogP contribution in [-0.4, -0.2) is 23.6 Å². The lowest BCUT2D eigenvalue weighted by Gasteiger charge is -2.23. The van der Waals surface area contributed by atoms with Gasteiger partial charge in [0.05, 0.1) is 12.8 Å². The van der Waals surface area contributed by atoms with Crippen molar-refractivity contribution in [2.24, 2.45) is 5.73 Å². The van der Waals surface area contributed by atoms with Gasteiger partial charge in [0.1, 0.15) is 0 Å². The van der Waals surface area contributed by atoms with Crippen molar-refractivity contribution in [3.8, 4) is 5.88 Å². The summed E-state index contributed by atoms with van der Waals surface area (Å²) in [4.78, 5) is 8.47. The van der Waals surface area contributed by atoms with E-state index < -0.39 is 0 Å². The highest BCUT2D eigenvalue weighted by Crippen LogP contribution is 2.30. The van der Waals surface area contributed by atoms with E-state index in [-0.39, 0.29) is 11.4 Å². The quantitative estimate of drug-likeness (QED) is 0.824. The first kappa shape index (κ1) is 13.7. The molecule has 5 nitrogen and oxygen atoms in total. The lowest BCUT2D eigenvalue weighted by Crippen LogP contribution is -2.20. The second-order valence-corrected chi connectivity index (χ2v) is 5.06. The topological polar surface area (TPSA) is 87.0 Å². The first-order valence-corrected chi connectivity index (χ1v) is 5.81. The molecular weight excluding hydrogens is 216 g/mol. The summed E-state index contributed by atoms with van der Waals surface area (Å²) < 4.78 is 5.29. The zero-order chi connectivity index (χ0) is 13.1. The van der Waals surface area contributed by atoms with Crippen LogP contribution in [0, 0.1) is 0 Å². The van der Waals surface area contributed by atoms with E-state index in [2.05, 4.69) is 30.7 Å². The fourth-order valence-electron chi connectivity index (χ4n) is 1.77. The Morgan fingerprint density at radius 1 is 1.24 bits per heavy atom. The normalized spacial score (nSPS) is 11.6. The van der Waals surface area contributed by atoms with Crippen LogP contribution >= 0.6 is 0 Å². The predicted octanol–water partition coefficient (Wildman–Crippen LogP) is 1.26. The van der Waals surface area contributed by atoms with Crippen molar-refractivity contribution in [1.29, 1.82) is 0 Å². The van der Waals surface area contributed by atoms with Gasteiger partial charge in [-0.3, -0.25) is 0 Å². The predicted molar refractivity (Wildman–Crippen MR) is 69.1 cm³/mol. The third-order valence-electron chi connectivity index (χ3n) is 2.52. The summed E-state index contributed by atoms with van der Waals surface area (Å²) in [6, 6.07) is 0. The number of methoxy groups -OCH3 is 1. The molecule has 0 spiro atoms. The summed E-state index contributed by atoms with van der Waals surface area (Å²) in [5.74, 6) is 0.819. The van der Waals surface area contributed by atoms with Gasteiger partial charge < -0.3 is 16.2 Å². The van der Waals surface area contributed by atoms with Gasteiger partial charge in [-0.2, -0.15) is 4.98 Å². The van der Waals surface area contributed by atoms with Gasteiger partial charge in [0.15, 0.2) is 0 Å². The van der Waals surface area contributed by atoms with Crippen molar-refractivity contribution < 1.29 is 4.74 Å². The molecule has 0 fully saturated rings. The largest absolute Gasteiger partial charge is 0.481 e. The summed E-state index contributed by atoms with van der Waals surface area (Å²) in [6.07, 6.45) is 1.69. The second kappa shape index (κ2) is 5.31. The summed E-state index contributed by atoms with van der Waals surface area (Å²) in [5.41, 5.74) is 13.1. The lowest BCUT2D eigenvalue weighted by molar-refractivity contribution is 0.387. The zero-order valence-corrected chi connectivity index (χ0v) is 11.1. The van der Waals surface area contributed by atoms with Gasteiger partial charge in [0.25, 0.3) is 0 Å². The summed E-state index contributed by atoms with van der Waals surface area (Å²) in [7, 11) is 1.60. The van der Waals surface area contributed by atoms with E-state index in [4.69, 9.17) is 16.2 Å². The number of rotatable bonds is 4. The second-order valence-electron chi connectivity index (χ2n) is 5.06. The average molecular weight is 238 g/mol. The molecule has 1 aromatic rings. The van der Waals surface area contributed by atoms with Gasteiger partial charge in [-0.25, -0.2) is 4.98 Å². The van der Waals surface area contributed by atoms with Crippen LogP contribution in [0.15, 0.2) is 0 Å². The average Bonchev–Trinajstić information content (AvgIpc) is 2.25. The number of nitrogens with two attached hydrogens (primary N) is 2. The van der Waals surface area contributed by atoms with E-state index >= 15 is 0 Å². The van der Waals surface area contributed by atoms with Crippen molar-refractivity contribution >= 4 is 5.95 Å². The standard InChI is InChI=1S/C12H22N4O/c1-12(2,3)9-8(6-5-7-13)10(17-4)16-11(14)15-9/h5-7,13H2,1-4H3,(H2,14,15,16). The Morgan fingerprint density at radius 3 is 2.35 bits per heavy atom. The van der Waals surface area contributed by atoms with Crippen molar-refractivity contribution in [1.82, 2.24) is 9.97 Å². The zero-order valence-electron chi connectivity index (χ0n) is 11.1. The third-order valence-corrected chi connectivity index (χ3v) is 2.52. The molecule has 0 saturated carbocycles. The molecular formula is C12H22N4O. The van der Waals surface area contributed by atoms with Gasteiger partial charge in [-0.05, 0) is 19.4 Å². The summed E-state index contributed by atoms with van der Waals surface area (Å²) in [6.45, 7) is 6.93. The van der Waals surface area contributed by atoms with Crippen molar-refractivity contribution in [2.75, 3.05) is 19.4 Å². The number of nitrogens with zero attached hydrogens (tertiary/aromatic N) is 2. The van der Waals surface area contributed by atoms with Crippen LogP contribution in [0.3, 0.4) is 0 Å². The van der Waals surface area contributed by atoms with Gasteiger partial charge in [0.2, 0.25) is 11.8 Å². The maximum Gasteiger partial charge on any atom is 0.223 e. The Morgan fingerprint density at radius 2 is 1.88 bits per heavy atom. The van der Waals surface area contributed by atoms with Crippen molar-refractivity contribution in [3.63, 3.8) is 0 Å². The molecule has 0 saturated heterocycles. The van der Waals surface area contributed by atoms with Crippen LogP contribution in [0.5, 0.6) is 5.88 Å². The minimum Gasteiger partial charge on any atom is -0.481 e. The molecule has 1 heterocycles. The highest BCUT2D eigenvalue weighted by atomic mass is 16.5. The highest BCUT2D eigenvalue weighted by Gasteiger charge is 2.24. The molecule has 1 aromatic heterocycles. The van der Waals surface area contributed by atoms with E-state index in [0.717, 1.165) is 24.1 Å². The Bertz CT molecular complexity index is 385. The third kappa shape index (κ3) is 3.30. The monoisotopic (exact) mass is 238 g/mol. The Kier molecular flexibility index (Phi) is 4.28. The molecule has 4 N–H and O–H groups in total. The highest BCUT2D eigenvalue weighted by molar-refractivity contribution is 5.39. The minimum absolute atomic E-state index is 0.0890. The fraction of sp³-hybridized carbons (Fsp3) is 0.667. The Balaban J connectivity index is 3.28.